The van der Waals surface area contributed by atoms with E-state index in [0.29, 0.717) is 15.9 Å². The van der Waals surface area contributed by atoms with Crippen molar-refractivity contribution in [2.45, 2.75) is 6.42 Å². The molecule has 4 aromatic rings. The van der Waals surface area contributed by atoms with Gasteiger partial charge >= 0.3 is 5.69 Å². The number of aromatic nitrogens is 2. The number of nitrogens with one attached hydrogen (secondary N) is 2. The molecule has 27 heavy (non-hydrogen) atoms. The maximum Gasteiger partial charge on any atom is 0.333 e. The van der Waals surface area contributed by atoms with E-state index in [2.05, 4.69) is 10.3 Å². The van der Waals surface area contributed by atoms with E-state index in [9.17, 15) is 14.4 Å². The summed E-state index contributed by atoms with van der Waals surface area (Å²) < 4.78 is 1.60. The van der Waals surface area contributed by atoms with Gasteiger partial charge in [-0.2, -0.15) is 0 Å². The minimum absolute atomic E-state index is 0.135. The van der Waals surface area contributed by atoms with E-state index < -0.39 is 5.69 Å². The van der Waals surface area contributed by atoms with E-state index in [1.54, 1.807) is 35.7 Å². The molecule has 0 atom stereocenters. The predicted octanol–water partition coefficient (Wildman–Crippen LogP) is 2.92. The molecule has 0 aliphatic rings. The minimum atomic E-state index is -0.486. The van der Waals surface area contributed by atoms with Gasteiger partial charge in [-0.25, -0.2) is 9.36 Å². The van der Waals surface area contributed by atoms with Gasteiger partial charge in [-0.1, -0.05) is 30.3 Å². The Bertz CT molecular complexity index is 1220. The van der Waals surface area contributed by atoms with Gasteiger partial charge < -0.3 is 10.3 Å². The SMILES string of the molecule is O=C(Cc1ccc(-n2c(=O)[nH]c3ccsc3c2=O)cc1)Nc1ccccc1. The van der Waals surface area contributed by atoms with Crippen LogP contribution in [-0.4, -0.2) is 15.5 Å². The van der Waals surface area contributed by atoms with E-state index in [1.165, 1.54) is 11.3 Å². The van der Waals surface area contributed by atoms with Crippen LogP contribution in [0.15, 0.2) is 75.6 Å². The number of anilines is 1. The first-order valence-corrected chi connectivity index (χ1v) is 9.16. The number of rotatable bonds is 4. The number of fused-ring (bicyclic) bond motifs is 1. The van der Waals surface area contributed by atoms with Crippen molar-refractivity contribution in [2.75, 3.05) is 5.32 Å². The number of para-hydroxylation sites is 1. The molecule has 0 radical (unpaired) electrons. The van der Waals surface area contributed by atoms with Gasteiger partial charge in [0.05, 0.1) is 17.6 Å². The lowest BCUT2D eigenvalue weighted by atomic mass is 10.1. The highest BCUT2D eigenvalue weighted by atomic mass is 32.1. The molecule has 0 bridgehead atoms. The highest BCUT2D eigenvalue weighted by Gasteiger charge is 2.11. The summed E-state index contributed by atoms with van der Waals surface area (Å²) in [4.78, 5) is 39.7. The van der Waals surface area contributed by atoms with E-state index in [1.807, 2.05) is 30.3 Å². The predicted molar refractivity (Wildman–Crippen MR) is 107 cm³/mol. The molecule has 0 spiro atoms. The van der Waals surface area contributed by atoms with Crippen LogP contribution in [0.3, 0.4) is 0 Å². The first-order chi connectivity index (χ1) is 13.1. The van der Waals surface area contributed by atoms with Crippen LogP contribution in [0.1, 0.15) is 5.56 Å². The van der Waals surface area contributed by atoms with Crippen molar-refractivity contribution in [3.8, 4) is 5.69 Å². The maximum atomic E-state index is 12.6. The molecular weight excluding hydrogens is 362 g/mol. The number of amides is 1. The quantitative estimate of drug-likeness (QED) is 0.574. The van der Waals surface area contributed by atoms with Gasteiger partial charge in [0.25, 0.3) is 5.56 Å². The largest absolute Gasteiger partial charge is 0.333 e. The number of carbonyl (C=O) groups is 1. The molecule has 0 unspecified atom stereocenters. The number of hydrogen-bond donors (Lipinski definition) is 2. The van der Waals surface area contributed by atoms with Crippen molar-refractivity contribution < 1.29 is 4.79 Å². The lowest BCUT2D eigenvalue weighted by Crippen LogP contribution is -2.32. The highest BCUT2D eigenvalue weighted by molar-refractivity contribution is 7.17. The van der Waals surface area contributed by atoms with E-state index in [0.717, 1.165) is 15.8 Å². The fourth-order valence-electron chi connectivity index (χ4n) is 2.85. The second kappa shape index (κ2) is 7.05. The van der Waals surface area contributed by atoms with Gasteiger partial charge in [0.2, 0.25) is 5.91 Å². The van der Waals surface area contributed by atoms with Crippen LogP contribution in [-0.2, 0) is 11.2 Å². The molecule has 0 fully saturated rings. The Balaban J connectivity index is 1.57. The number of thiophene rings is 1. The maximum absolute atomic E-state index is 12.6. The standard InChI is InChI=1S/C20H15N3O3S/c24-17(21-14-4-2-1-3-5-14)12-13-6-8-15(9-7-13)23-19(25)18-16(10-11-27-18)22-20(23)26/h1-11H,12H2,(H,21,24)(H,22,26). The summed E-state index contributed by atoms with van der Waals surface area (Å²) in [5, 5.41) is 4.59. The van der Waals surface area contributed by atoms with Crippen molar-refractivity contribution >= 4 is 33.1 Å². The molecule has 4 rings (SSSR count). The summed E-state index contributed by atoms with van der Waals surface area (Å²) in [7, 11) is 0. The van der Waals surface area contributed by atoms with E-state index in [4.69, 9.17) is 0 Å². The first kappa shape index (κ1) is 17.0. The Kier molecular flexibility index (Phi) is 4.43. The van der Waals surface area contributed by atoms with Crippen LogP contribution in [0.5, 0.6) is 0 Å². The normalized spacial score (nSPS) is 10.8. The van der Waals surface area contributed by atoms with Gasteiger partial charge in [0, 0.05) is 5.69 Å². The highest BCUT2D eigenvalue weighted by Crippen LogP contribution is 2.14. The fourth-order valence-corrected chi connectivity index (χ4v) is 3.63. The zero-order chi connectivity index (χ0) is 18.8. The molecule has 0 aliphatic heterocycles. The van der Waals surface area contributed by atoms with Crippen molar-refractivity contribution in [2.24, 2.45) is 0 Å². The monoisotopic (exact) mass is 377 g/mol. The third-order valence-electron chi connectivity index (χ3n) is 4.12. The number of carbonyl (C=O) groups excluding carboxylic acids is 1. The Morgan fingerprint density at radius 2 is 1.74 bits per heavy atom. The number of benzene rings is 2. The molecule has 2 heterocycles. The summed E-state index contributed by atoms with van der Waals surface area (Å²) in [6, 6.07) is 17.7. The number of hydrogen-bond acceptors (Lipinski definition) is 4. The van der Waals surface area contributed by atoms with Crippen LogP contribution in [0.2, 0.25) is 0 Å². The third-order valence-corrected chi connectivity index (χ3v) is 5.03. The second-order valence-corrected chi connectivity index (χ2v) is 6.91. The molecule has 1 amide bonds. The van der Waals surface area contributed by atoms with Crippen molar-refractivity contribution in [1.82, 2.24) is 9.55 Å². The summed E-state index contributed by atoms with van der Waals surface area (Å²) in [6.45, 7) is 0. The summed E-state index contributed by atoms with van der Waals surface area (Å²) in [6.07, 6.45) is 0.199. The van der Waals surface area contributed by atoms with E-state index >= 15 is 0 Å². The van der Waals surface area contributed by atoms with Gasteiger partial charge in [-0.15, -0.1) is 11.3 Å². The van der Waals surface area contributed by atoms with Crippen LogP contribution < -0.4 is 16.6 Å². The smallest absolute Gasteiger partial charge is 0.326 e. The van der Waals surface area contributed by atoms with Crippen LogP contribution >= 0.6 is 11.3 Å². The van der Waals surface area contributed by atoms with Crippen molar-refractivity contribution in [1.29, 1.82) is 0 Å². The average molecular weight is 377 g/mol. The molecule has 2 aromatic heterocycles. The van der Waals surface area contributed by atoms with Crippen molar-refractivity contribution in [3.63, 3.8) is 0 Å². The lowest BCUT2D eigenvalue weighted by Gasteiger charge is -2.07. The van der Waals surface area contributed by atoms with Gasteiger partial charge in [0.15, 0.2) is 0 Å². The zero-order valence-electron chi connectivity index (χ0n) is 14.1. The first-order valence-electron chi connectivity index (χ1n) is 8.28. The Morgan fingerprint density at radius 1 is 1.00 bits per heavy atom. The Labute approximate surface area is 157 Å². The lowest BCUT2D eigenvalue weighted by molar-refractivity contribution is -0.115. The fraction of sp³-hybridized carbons (Fsp3) is 0.0500. The van der Waals surface area contributed by atoms with Crippen LogP contribution in [0, 0.1) is 0 Å². The summed E-state index contributed by atoms with van der Waals surface area (Å²) >= 11 is 1.29. The second-order valence-electron chi connectivity index (χ2n) is 5.99. The molecule has 2 aromatic carbocycles. The molecule has 0 saturated carbocycles. The van der Waals surface area contributed by atoms with Crippen LogP contribution in [0.4, 0.5) is 5.69 Å². The van der Waals surface area contributed by atoms with Crippen LogP contribution in [0.25, 0.3) is 15.9 Å². The third kappa shape index (κ3) is 3.45. The molecule has 0 aliphatic carbocycles. The summed E-state index contributed by atoms with van der Waals surface area (Å²) in [5.74, 6) is -0.135. The topological polar surface area (TPSA) is 84.0 Å². The number of aromatic amines is 1. The van der Waals surface area contributed by atoms with E-state index in [-0.39, 0.29) is 17.9 Å². The van der Waals surface area contributed by atoms with Gasteiger partial charge in [-0.05, 0) is 41.3 Å². The molecule has 0 saturated heterocycles. The number of nitrogens with zero attached hydrogens (tertiary/aromatic N) is 1. The Morgan fingerprint density at radius 3 is 2.48 bits per heavy atom. The minimum Gasteiger partial charge on any atom is -0.326 e. The molecule has 2 N–H and O–H groups in total. The van der Waals surface area contributed by atoms with Gasteiger partial charge in [-0.3, -0.25) is 9.59 Å². The molecule has 7 heteroatoms. The molecule has 134 valence electrons. The van der Waals surface area contributed by atoms with Crippen molar-refractivity contribution in [3.05, 3.63) is 92.4 Å². The number of H-pyrrole nitrogens is 1. The molecule has 6 nitrogen and oxygen atoms in total. The summed E-state index contributed by atoms with van der Waals surface area (Å²) in [5.41, 5.74) is 1.69. The average Bonchev–Trinajstić information content (AvgIpc) is 3.12. The molecular formula is C20H15N3O3S. The van der Waals surface area contributed by atoms with Gasteiger partial charge in [0.1, 0.15) is 4.70 Å². The Hall–Kier alpha value is -3.45. The zero-order valence-corrected chi connectivity index (χ0v) is 15.0.